The maximum Gasteiger partial charge on any atom is 0.155 e. The Balaban J connectivity index is 2.77. The van der Waals surface area contributed by atoms with Gasteiger partial charge in [0.2, 0.25) is 0 Å². The molecular formula is C13H23NO. The van der Waals surface area contributed by atoms with Gasteiger partial charge in [-0.25, -0.2) is 0 Å². The summed E-state index contributed by atoms with van der Waals surface area (Å²) in [6, 6.07) is 0.418. The second-order valence-corrected chi connectivity index (χ2v) is 5.49. The molecule has 15 heavy (non-hydrogen) atoms. The summed E-state index contributed by atoms with van der Waals surface area (Å²) in [7, 11) is 0. The van der Waals surface area contributed by atoms with Gasteiger partial charge in [0.25, 0.3) is 0 Å². The third-order valence-electron chi connectivity index (χ3n) is 3.20. The number of ketones is 1. The molecule has 0 aromatic heterocycles. The van der Waals surface area contributed by atoms with E-state index in [1.54, 1.807) is 0 Å². The number of Topliss-reactive ketones (excluding diaryl/α,β-unsaturated/α-hetero) is 1. The van der Waals surface area contributed by atoms with Crippen LogP contribution < -0.4 is 0 Å². The van der Waals surface area contributed by atoms with E-state index in [0.29, 0.717) is 11.8 Å². The van der Waals surface area contributed by atoms with Crippen molar-refractivity contribution in [2.75, 3.05) is 6.54 Å². The first-order valence-corrected chi connectivity index (χ1v) is 5.80. The van der Waals surface area contributed by atoms with Crippen molar-refractivity contribution in [3.8, 4) is 0 Å². The summed E-state index contributed by atoms with van der Waals surface area (Å²) < 4.78 is 0. The highest BCUT2D eigenvalue weighted by molar-refractivity contribution is 5.89. The molecule has 0 aliphatic carbocycles. The van der Waals surface area contributed by atoms with Crippen LogP contribution in [0.4, 0.5) is 0 Å². The molecule has 0 aromatic carbocycles. The zero-order valence-corrected chi connectivity index (χ0v) is 10.4. The van der Waals surface area contributed by atoms with E-state index in [2.05, 4.69) is 18.4 Å². The standard InChI is InChI=1S/C13H23NO/c1-6-10(2)14-9-7-8-11(14)12(15)13(3,4)5/h6,10-11H,1,7-9H2,2-5H3/t10?,11-/m0/s1. The molecule has 1 aliphatic heterocycles. The van der Waals surface area contributed by atoms with Crippen molar-refractivity contribution in [2.24, 2.45) is 5.41 Å². The first kappa shape index (κ1) is 12.4. The van der Waals surface area contributed by atoms with E-state index >= 15 is 0 Å². The molecule has 1 rings (SSSR count). The first-order chi connectivity index (χ1) is 6.88. The highest BCUT2D eigenvalue weighted by atomic mass is 16.1. The zero-order valence-electron chi connectivity index (χ0n) is 10.4. The molecule has 0 saturated carbocycles. The molecule has 1 fully saturated rings. The van der Waals surface area contributed by atoms with Gasteiger partial charge < -0.3 is 0 Å². The summed E-state index contributed by atoms with van der Waals surface area (Å²) >= 11 is 0. The molecule has 1 saturated heterocycles. The second-order valence-electron chi connectivity index (χ2n) is 5.49. The molecule has 2 heteroatoms. The molecule has 1 unspecified atom stereocenters. The monoisotopic (exact) mass is 209 g/mol. The van der Waals surface area contributed by atoms with Gasteiger partial charge >= 0.3 is 0 Å². The molecular weight excluding hydrogens is 186 g/mol. The van der Waals surface area contributed by atoms with E-state index in [0.717, 1.165) is 19.4 Å². The van der Waals surface area contributed by atoms with E-state index in [9.17, 15) is 4.79 Å². The van der Waals surface area contributed by atoms with Crippen molar-refractivity contribution >= 4 is 5.78 Å². The second kappa shape index (κ2) is 4.48. The zero-order chi connectivity index (χ0) is 11.6. The van der Waals surface area contributed by atoms with Crippen LogP contribution in [-0.4, -0.2) is 29.3 Å². The molecule has 1 heterocycles. The van der Waals surface area contributed by atoms with Crippen molar-refractivity contribution in [3.63, 3.8) is 0 Å². The van der Waals surface area contributed by atoms with Crippen LogP contribution in [0.1, 0.15) is 40.5 Å². The fraction of sp³-hybridized carbons (Fsp3) is 0.769. The van der Waals surface area contributed by atoms with Crippen molar-refractivity contribution in [1.29, 1.82) is 0 Å². The predicted octanol–water partition coefficient (Wildman–Crippen LogP) is 2.64. The molecule has 0 spiro atoms. The number of rotatable bonds is 3. The maximum absolute atomic E-state index is 12.2. The summed E-state index contributed by atoms with van der Waals surface area (Å²) in [5.74, 6) is 0.369. The van der Waals surface area contributed by atoms with Gasteiger partial charge in [0.15, 0.2) is 5.78 Å². The van der Waals surface area contributed by atoms with Gasteiger partial charge in [-0.3, -0.25) is 9.69 Å². The lowest BCUT2D eigenvalue weighted by atomic mass is 9.85. The lowest BCUT2D eigenvalue weighted by Gasteiger charge is -2.31. The minimum atomic E-state index is -0.228. The Morgan fingerprint density at radius 3 is 2.60 bits per heavy atom. The Bertz CT molecular complexity index is 252. The number of carbonyl (C=O) groups excluding carboxylic acids is 1. The van der Waals surface area contributed by atoms with Gasteiger partial charge in [0.05, 0.1) is 6.04 Å². The third-order valence-corrected chi connectivity index (χ3v) is 3.20. The molecule has 0 N–H and O–H groups in total. The smallest absolute Gasteiger partial charge is 0.155 e. The molecule has 86 valence electrons. The Morgan fingerprint density at radius 1 is 1.53 bits per heavy atom. The molecule has 0 bridgehead atoms. The summed E-state index contributed by atoms with van der Waals surface area (Å²) in [5.41, 5.74) is -0.228. The van der Waals surface area contributed by atoms with E-state index in [4.69, 9.17) is 0 Å². The number of carbonyl (C=O) groups is 1. The van der Waals surface area contributed by atoms with Gasteiger partial charge in [-0.05, 0) is 26.3 Å². The van der Waals surface area contributed by atoms with Crippen LogP contribution in [0.5, 0.6) is 0 Å². The Morgan fingerprint density at radius 2 is 2.13 bits per heavy atom. The number of likely N-dealkylation sites (tertiary alicyclic amines) is 1. The number of nitrogens with zero attached hydrogens (tertiary/aromatic N) is 1. The van der Waals surface area contributed by atoms with Crippen LogP contribution in [0.25, 0.3) is 0 Å². The SMILES string of the molecule is C=CC(C)N1CCC[C@H]1C(=O)C(C)(C)C. The van der Waals surface area contributed by atoms with E-state index in [1.807, 2.05) is 26.8 Å². The Labute approximate surface area is 93.3 Å². The minimum Gasteiger partial charge on any atom is -0.297 e. The lowest BCUT2D eigenvalue weighted by Crippen LogP contribution is -2.45. The maximum atomic E-state index is 12.2. The van der Waals surface area contributed by atoms with Crippen LogP contribution in [-0.2, 0) is 4.79 Å². The molecule has 0 aromatic rings. The minimum absolute atomic E-state index is 0.109. The van der Waals surface area contributed by atoms with E-state index in [-0.39, 0.29) is 11.5 Å². The van der Waals surface area contributed by atoms with Crippen LogP contribution in [0.2, 0.25) is 0 Å². The Hall–Kier alpha value is -0.630. The third kappa shape index (κ3) is 2.69. The Kier molecular flexibility index (Phi) is 3.72. The molecule has 1 aliphatic rings. The van der Waals surface area contributed by atoms with Crippen molar-refractivity contribution in [3.05, 3.63) is 12.7 Å². The average Bonchev–Trinajstić information content (AvgIpc) is 2.62. The summed E-state index contributed by atoms with van der Waals surface area (Å²) in [4.78, 5) is 14.5. The molecule has 2 atom stereocenters. The van der Waals surface area contributed by atoms with Crippen LogP contribution in [0.15, 0.2) is 12.7 Å². The highest BCUT2D eigenvalue weighted by Gasteiger charge is 2.37. The lowest BCUT2D eigenvalue weighted by molar-refractivity contribution is -0.131. The largest absolute Gasteiger partial charge is 0.297 e. The fourth-order valence-electron chi connectivity index (χ4n) is 2.19. The fourth-order valence-corrected chi connectivity index (χ4v) is 2.19. The first-order valence-electron chi connectivity index (χ1n) is 5.80. The van der Waals surface area contributed by atoms with E-state index in [1.165, 1.54) is 0 Å². The molecule has 0 radical (unpaired) electrons. The van der Waals surface area contributed by atoms with E-state index < -0.39 is 0 Å². The van der Waals surface area contributed by atoms with Gasteiger partial charge in [-0.15, -0.1) is 6.58 Å². The highest BCUT2D eigenvalue weighted by Crippen LogP contribution is 2.28. The normalized spacial score (nSPS) is 25.2. The number of hydrogen-bond donors (Lipinski definition) is 0. The van der Waals surface area contributed by atoms with Crippen molar-refractivity contribution in [1.82, 2.24) is 4.90 Å². The molecule has 0 amide bonds. The summed E-state index contributed by atoms with van der Waals surface area (Å²) in [5, 5.41) is 0. The number of hydrogen-bond acceptors (Lipinski definition) is 2. The van der Waals surface area contributed by atoms with Crippen molar-refractivity contribution < 1.29 is 4.79 Å². The quantitative estimate of drug-likeness (QED) is 0.666. The van der Waals surface area contributed by atoms with Gasteiger partial charge in [0, 0.05) is 11.5 Å². The molecule has 2 nitrogen and oxygen atoms in total. The van der Waals surface area contributed by atoms with Crippen LogP contribution in [0.3, 0.4) is 0 Å². The average molecular weight is 209 g/mol. The van der Waals surface area contributed by atoms with Crippen LogP contribution >= 0.6 is 0 Å². The van der Waals surface area contributed by atoms with Crippen LogP contribution in [0, 0.1) is 5.41 Å². The topological polar surface area (TPSA) is 20.3 Å². The summed E-state index contributed by atoms with van der Waals surface area (Å²) in [6.07, 6.45) is 4.06. The van der Waals surface area contributed by atoms with Gasteiger partial charge in [0.1, 0.15) is 0 Å². The summed E-state index contributed by atoms with van der Waals surface area (Å²) in [6.45, 7) is 13.0. The predicted molar refractivity (Wildman–Crippen MR) is 63.8 cm³/mol. The van der Waals surface area contributed by atoms with Gasteiger partial charge in [-0.1, -0.05) is 26.8 Å². The van der Waals surface area contributed by atoms with Gasteiger partial charge in [-0.2, -0.15) is 0 Å². The van der Waals surface area contributed by atoms with Crippen molar-refractivity contribution in [2.45, 2.75) is 52.6 Å².